The van der Waals surface area contributed by atoms with Gasteiger partial charge in [0, 0.05) is 42.6 Å². The average Bonchev–Trinajstić information content (AvgIpc) is 3.44. The maximum absolute atomic E-state index is 5.42. The molecule has 0 bridgehead atoms. The van der Waals surface area contributed by atoms with Gasteiger partial charge in [-0.25, -0.2) is 4.98 Å². The molecule has 0 spiro atoms. The molecule has 7 nitrogen and oxygen atoms in total. The van der Waals surface area contributed by atoms with Crippen LogP contribution in [0.4, 0.5) is 11.8 Å². The number of H-pyrrole nitrogens is 2. The monoisotopic (exact) mass is 412 g/mol. The van der Waals surface area contributed by atoms with Crippen molar-refractivity contribution in [3.8, 4) is 5.75 Å². The molecule has 0 atom stereocenters. The van der Waals surface area contributed by atoms with Crippen LogP contribution < -0.4 is 15.4 Å². The minimum absolute atomic E-state index is 0.614. The second-order valence-electron chi connectivity index (χ2n) is 7.39. The van der Waals surface area contributed by atoms with Gasteiger partial charge in [0.1, 0.15) is 11.6 Å². The molecular weight excluding hydrogens is 388 g/mol. The Kier molecular flexibility index (Phi) is 5.14. The fourth-order valence-corrected chi connectivity index (χ4v) is 3.82. The Hall–Kier alpha value is -4.00. The van der Waals surface area contributed by atoms with Gasteiger partial charge in [0.15, 0.2) is 0 Å². The highest BCUT2D eigenvalue weighted by atomic mass is 16.5. The van der Waals surface area contributed by atoms with Crippen molar-refractivity contribution in [3.63, 3.8) is 0 Å². The molecule has 0 aliphatic carbocycles. The fourth-order valence-electron chi connectivity index (χ4n) is 3.82. The molecule has 156 valence electrons. The number of anilines is 2. The van der Waals surface area contributed by atoms with Gasteiger partial charge in [-0.3, -0.25) is 0 Å². The second-order valence-corrected chi connectivity index (χ2v) is 7.39. The number of fused-ring (bicyclic) bond motifs is 2. The Morgan fingerprint density at radius 1 is 1.03 bits per heavy atom. The summed E-state index contributed by atoms with van der Waals surface area (Å²) in [6.45, 7) is 1.44. The zero-order valence-corrected chi connectivity index (χ0v) is 17.3. The molecule has 0 saturated heterocycles. The van der Waals surface area contributed by atoms with Crippen molar-refractivity contribution in [2.75, 3.05) is 24.3 Å². The maximum Gasteiger partial charge on any atom is 0.224 e. The molecule has 0 radical (unpaired) electrons. The molecule has 7 heteroatoms. The number of para-hydroxylation sites is 1. The van der Waals surface area contributed by atoms with Crippen LogP contribution in [0.1, 0.15) is 11.1 Å². The number of methoxy groups -OCH3 is 1. The maximum atomic E-state index is 5.42. The van der Waals surface area contributed by atoms with E-state index in [1.165, 1.54) is 21.9 Å². The van der Waals surface area contributed by atoms with Gasteiger partial charge in [-0.2, -0.15) is 4.98 Å². The summed E-state index contributed by atoms with van der Waals surface area (Å²) >= 11 is 0. The van der Waals surface area contributed by atoms with Crippen LogP contribution in [0.5, 0.6) is 5.75 Å². The topological polar surface area (TPSA) is 90.7 Å². The van der Waals surface area contributed by atoms with Crippen molar-refractivity contribution in [2.45, 2.75) is 13.0 Å². The Labute approximate surface area is 179 Å². The summed E-state index contributed by atoms with van der Waals surface area (Å²) in [6.07, 6.45) is 6.61. The molecule has 0 amide bonds. The van der Waals surface area contributed by atoms with Crippen LogP contribution in [0.15, 0.2) is 67.1 Å². The molecule has 0 fully saturated rings. The minimum atomic E-state index is 0.614. The van der Waals surface area contributed by atoms with E-state index in [4.69, 9.17) is 4.74 Å². The highest BCUT2D eigenvalue weighted by molar-refractivity contribution is 5.88. The van der Waals surface area contributed by atoms with E-state index in [9.17, 15) is 0 Å². The van der Waals surface area contributed by atoms with E-state index in [1.807, 2.05) is 30.6 Å². The lowest BCUT2D eigenvalue weighted by molar-refractivity contribution is 0.419. The lowest BCUT2D eigenvalue weighted by Gasteiger charge is -2.09. The number of aromatic nitrogens is 4. The van der Waals surface area contributed by atoms with E-state index in [0.717, 1.165) is 35.6 Å². The van der Waals surface area contributed by atoms with Crippen molar-refractivity contribution < 1.29 is 4.74 Å². The normalized spacial score (nSPS) is 11.1. The first kappa shape index (κ1) is 19.0. The summed E-state index contributed by atoms with van der Waals surface area (Å²) in [5.41, 5.74) is 4.61. The number of hydrogen-bond donors (Lipinski definition) is 4. The number of nitrogens with zero attached hydrogens (tertiary/aromatic N) is 2. The van der Waals surface area contributed by atoms with E-state index in [-0.39, 0.29) is 0 Å². The van der Waals surface area contributed by atoms with Gasteiger partial charge in [-0.1, -0.05) is 18.2 Å². The first-order valence-corrected chi connectivity index (χ1v) is 10.3. The van der Waals surface area contributed by atoms with Crippen LogP contribution in [0.2, 0.25) is 0 Å². The molecule has 0 aliphatic rings. The van der Waals surface area contributed by atoms with Crippen molar-refractivity contribution in [1.82, 2.24) is 19.9 Å². The van der Waals surface area contributed by atoms with Crippen molar-refractivity contribution in [1.29, 1.82) is 0 Å². The average molecular weight is 412 g/mol. The van der Waals surface area contributed by atoms with Crippen molar-refractivity contribution in [2.24, 2.45) is 0 Å². The fraction of sp³-hybridized carbons (Fsp3) is 0.167. The van der Waals surface area contributed by atoms with Crippen LogP contribution in [0.3, 0.4) is 0 Å². The van der Waals surface area contributed by atoms with Gasteiger partial charge in [0.25, 0.3) is 0 Å². The number of benzene rings is 2. The third kappa shape index (κ3) is 4.02. The number of nitrogens with one attached hydrogen (secondary N) is 4. The number of hydrogen-bond acceptors (Lipinski definition) is 5. The van der Waals surface area contributed by atoms with Crippen molar-refractivity contribution in [3.05, 3.63) is 78.2 Å². The molecule has 31 heavy (non-hydrogen) atoms. The first-order chi connectivity index (χ1) is 15.3. The number of aromatic amines is 2. The Balaban J connectivity index is 1.19. The third-order valence-corrected chi connectivity index (χ3v) is 5.41. The molecule has 0 saturated carbocycles. The molecule has 3 aromatic heterocycles. The lowest BCUT2D eigenvalue weighted by Crippen LogP contribution is -2.09. The van der Waals surface area contributed by atoms with Crippen LogP contribution in [-0.2, 0) is 13.0 Å². The molecule has 5 aromatic rings. The van der Waals surface area contributed by atoms with Gasteiger partial charge in [0.2, 0.25) is 5.95 Å². The highest BCUT2D eigenvalue weighted by Gasteiger charge is 2.08. The molecule has 0 aliphatic heterocycles. The molecule has 4 N–H and O–H groups in total. The van der Waals surface area contributed by atoms with Crippen LogP contribution in [-0.4, -0.2) is 33.6 Å². The predicted octanol–water partition coefficient (Wildman–Crippen LogP) is 4.71. The van der Waals surface area contributed by atoms with Crippen molar-refractivity contribution >= 4 is 33.6 Å². The third-order valence-electron chi connectivity index (χ3n) is 5.41. The number of ether oxygens (including phenoxy) is 1. The van der Waals surface area contributed by atoms with Gasteiger partial charge >= 0.3 is 0 Å². The zero-order valence-electron chi connectivity index (χ0n) is 17.3. The smallest absolute Gasteiger partial charge is 0.224 e. The zero-order chi connectivity index (χ0) is 21.0. The molecular formula is C24H24N6O. The Morgan fingerprint density at radius 2 is 2.00 bits per heavy atom. The quantitative estimate of drug-likeness (QED) is 0.296. The highest BCUT2D eigenvalue weighted by Crippen LogP contribution is 2.27. The van der Waals surface area contributed by atoms with Gasteiger partial charge < -0.3 is 25.3 Å². The first-order valence-electron chi connectivity index (χ1n) is 10.3. The van der Waals surface area contributed by atoms with E-state index in [2.05, 4.69) is 60.9 Å². The van der Waals surface area contributed by atoms with Crippen LogP contribution in [0.25, 0.3) is 21.8 Å². The summed E-state index contributed by atoms with van der Waals surface area (Å²) in [5, 5.41) is 9.09. The Morgan fingerprint density at radius 3 is 2.94 bits per heavy atom. The van der Waals surface area contributed by atoms with Gasteiger partial charge in [0.05, 0.1) is 12.6 Å². The van der Waals surface area contributed by atoms with Gasteiger partial charge in [-0.05, 0) is 53.3 Å². The van der Waals surface area contributed by atoms with E-state index >= 15 is 0 Å². The van der Waals surface area contributed by atoms with Crippen LogP contribution in [0, 0.1) is 0 Å². The predicted molar refractivity (Wildman–Crippen MR) is 125 cm³/mol. The summed E-state index contributed by atoms with van der Waals surface area (Å²) in [5.74, 6) is 2.27. The van der Waals surface area contributed by atoms with E-state index < -0.39 is 0 Å². The van der Waals surface area contributed by atoms with E-state index in [1.54, 1.807) is 13.3 Å². The summed E-state index contributed by atoms with van der Waals surface area (Å²) in [7, 11) is 1.69. The summed E-state index contributed by atoms with van der Waals surface area (Å²) in [6, 6.07) is 16.4. The van der Waals surface area contributed by atoms with E-state index in [0.29, 0.717) is 12.5 Å². The second kappa shape index (κ2) is 8.39. The molecule has 0 unspecified atom stereocenters. The summed E-state index contributed by atoms with van der Waals surface area (Å²) < 4.78 is 5.42. The SMILES string of the molecule is COc1cccc2c(CCNc3nccc(NCc4ccc5[nH]ccc5c4)n3)c[nH]c12. The number of rotatable bonds is 8. The molecule has 3 heterocycles. The minimum Gasteiger partial charge on any atom is -0.495 e. The molecule has 2 aromatic carbocycles. The standard InChI is InChI=1S/C24H24N6O/c1-31-21-4-2-3-19-18(15-29-23(19)21)8-11-26-24-27-12-9-22(30-24)28-14-16-5-6-20-17(13-16)7-10-25-20/h2-7,9-10,12-13,15,25,29H,8,11,14H2,1H3,(H2,26,27,28,30). The lowest BCUT2D eigenvalue weighted by atomic mass is 10.1. The Bertz CT molecular complexity index is 1320. The summed E-state index contributed by atoms with van der Waals surface area (Å²) in [4.78, 5) is 15.5. The largest absolute Gasteiger partial charge is 0.495 e. The van der Waals surface area contributed by atoms with Crippen LogP contribution >= 0.6 is 0 Å². The molecule has 5 rings (SSSR count). The van der Waals surface area contributed by atoms with Gasteiger partial charge in [-0.15, -0.1) is 0 Å².